The minimum Gasteiger partial charge on any atom is -0.490 e. The van der Waals surface area contributed by atoms with E-state index in [1.54, 1.807) is 6.07 Å². The number of benzene rings is 2. The summed E-state index contributed by atoms with van der Waals surface area (Å²) in [6, 6.07) is 11.2. The molecule has 0 aliphatic heterocycles. The van der Waals surface area contributed by atoms with Crippen molar-refractivity contribution in [3.63, 3.8) is 0 Å². The first-order valence-electron chi connectivity index (χ1n) is 8.28. The van der Waals surface area contributed by atoms with Crippen molar-refractivity contribution in [2.45, 2.75) is 26.5 Å². The van der Waals surface area contributed by atoms with Crippen molar-refractivity contribution in [2.75, 3.05) is 19.8 Å². The van der Waals surface area contributed by atoms with Crippen LogP contribution in [0.2, 0.25) is 10.0 Å². The third-order valence-corrected chi connectivity index (χ3v) is 4.30. The highest BCUT2D eigenvalue weighted by molar-refractivity contribution is 6.31. The van der Waals surface area contributed by atoms with Crippen LogP contribution in [0.4, 0.5) is 0 Å². The van der Waals surface area contributed by atoms with E-state index in [2.05, 4.69) is 5.32 Å². The fourth-order valence-corrected chi connectivity index (χ4v) is 2.70. The number of rotatable bonds is 10. The highest BCUT2D eigenvalue weighted by Gasteiger charge is 2.12. The monoisotopic (exact) mass is 383 g/mol. The van der Waals surface area contributed by atoms with Gasteiger partial charge in [-0.05, 0) is 37.6 Å². The molecule has 2 rings (SSSR count). The molecule has 0 heterocycles. The lowest BCUT2D eigenvalue weighted by atomic mass is 10.2. The predicted molar refractivity (Wildman–Crippen MR) is 102 cm³/mol. The molecule has 0 unspecified atom stereocenters. The maximum atomic E-state index is 8.83. The van der Waals surface area contributed by atoms with E-state index >= 15 is 0 Å². The minimum atomic E-state index is 0.166. The van der Waals surface area contributed by atoms with E-state index in [0.717, 1.165) is 17.7 Å². The van der Waals surface area contributed by atoms with Crippen molar-refractivity contribution < 1.29 is 14.6 Å². The summed E-state index contributed by atoms with van der Waals surface area (Å²) >= 11 is 12.5. The molecule has 0 fully saturated rings. The summed E-state index contributed by atoms with van der Waals surface area (Å²) in [7, 11) is 0. The van der Waals surface area contributed by atoms with E-state index in [0.29, 0.717) is 47.7 Å². The van der Waals surface area contributed by atoms with Crippen LogP contribution in [0.1, 0.15) is 24.5 Å². The minimum absolute atomic E-state index is 0.166. The molecule has 0 saturated carbocycles. The third-order valence-electron chi connectivity index (χ3n) is 3.58. The number of hydrogen-bond donors (Lipinski definition) is 2. The highest BCUT2D eigenvalue weighted by atomic mass is 35.5. The smallest absolute Gasteiger partial charge is 0.163 e. The molecule has 0 aromatic heterocycles. The first-order valence-corrected chi connectivity index (χ1v) is 9.04. The summed E-state index contributed by atoms with van der Waals surface area (Å²) in [6.45, 7) is 4.28. The third kappa shape index (κ3) is 6.08. The molecular weight excluding hydrogens is 361 g/mol. The number of halogens is 2. The highest BCUT2D eigenvalue weighted by Crippen LogP contribution is 2.34. The van der Waals surface area contributed by atoms with Crippen LogP contribution in [-0.4, -0.2) is 24.9 Å². The van der Waals surface area contributed by atoms with Gasteiger partial charge in [0.1, 0.15) is 6.61 Å². The Morgan fingerprint density at radius 2 is 1.76 bits per heavy atom. The van der Waals surface area contributed by atoms with Gasteiger partial charge in [-0.2, -0.15) is 0 Å². The fourth-order valence-electron chi connectivity index (χ4n) is 2.29. The average Bonchev–Trinajstić information content (AvgIpc) is 2.61. The summed E-state index contributed by atoms with van der Waals surface area (Å²) in [6.07, 6.45) is 0.703. The van der Waals surface area contributed by atoms with Crippen molar-refractivity contribution in [1.29, 1.82) is 0 Å². The molecule has 25 heavy (non-hydrogen) atoms. The van der Waals surface area contributed by atoms with Gasteiger partial charge < -0.3 is 19.9 Å². The number of ether oxygens (including phenoxy) is 2. The second-order valence-corrected chi connectivity index (χ2v) is 6.27. The lowest BCUT2D eigenvalue weighted by Crippen LogP contribution is -2.16. The molecule has 2 aromatic rings. The Morgan fingerprint density at radius 1 is 1.00 bits per heavy atom. The van der Waals surface area contributed by atoms with E-state index in [1.165, 1.54) is 0 Å². The zero-order chi connectivity index (χ0) is 18.1. The maximum Gasteiger partial charge on any atom is 0.163 e. The summed E-state index contributed by atoms with van der Waals surface area (Å²) < 4.78 is 11.6. The summed E-state index contributed by atoms with van der Waals surface area (Å²) in [5.41, 5.74) is 1.82. The van der Waals surface area contributed by atoms with Crippen LogP contribution >= 0.6 is 23.2 Å². The molecule has 0 amide bonds. The van der Waals surface area contributed by atoms with Crippen LogP contribution in [0.25, 0.3) is 0 Å². The number of nitrogens with one attached hydrogen (secondary N) is 1. The Hall–Kier alpha value is -1.46. The van der Waals surface area contributed by atoms with Crippen LogP contribution in [0, 0.1) is 0 Å². The van der Waals surface area contributed by atoms with Gasteiger partial charge >= 0.3 is 0 Å². The molecule has 0 aliphatic carbocycles. The van der Waals surface area contributed by atoms with E-state index in [-0.39, 0.29) is 6.61 Å². The molecule has 0 bridgehead atoms. The zero-order valence-corrected chi connectivity index (χ0v) is 15.7. The van der Waals surface area contributed by atoms with Gasteiger partial charge in [-0.25, -0.2) is 0 Å². The predicted octanol–water partition coefficient (Wildman–Crippen LogP) is 4.44. The normalized spacial score (nSPS) is 10.7. The number of aliphatic hydroxyl groups is 1. The number of aliphatic hydroxyl groups excluding tert-OH is 1. The van der Waals surface area contributed by atoms with E-state index in [9.17, 15) is 0 Å². The lowest BCUT2D eigenvalue weighted by molar-refractivity contribution is 0.269. The van der Waals surface area contributed by atoms with Crippen molar-refractivity contribution in [2.24, 2.45) is 0 Å². The van der Waals surface area contributed by atoms with Crippen LogP contribution < -0.4 is 14.8 Å². The van der Waals surface area contributed by atoms with E-state index in [1.807, 2.05) is 37.3 Å². The summed E-state index contributed by atoms with van der Waals surface area (Å²) in [5, 5.41) is 13.3. The van der Waals surface area contributed by atoms with Gasteiger partial charge in [-0.3, -0.25) is 0 Å². The van der Waals surface area contributed by atoms with E-state index in [4.69, 9.17) is 37.8 Å². The van der Waals surface area contributed by atoms with Gasteiger partial charge in [0.05, 0.1) is 6.61 Å². The molecule has 0 atom stereocenters. The Kier molecular flexibility index (Phi) is 8.35. The van der Waals surface area contributed by atoms with Gasteiger partial charge in [-0.1, -0.05) is 41.4 Å². The zero-order valence-electron chi connectivity index (χ0n) is 14.2. The van der Waals surface area contributed by atoms with Crippen molar-refractivity contribution in [3.05, 3.63) is 57.6 Å². The van der Waals surface area contributed by atoms with Crippen molar-refractivity contribution >= 4 is 23.2 Å². The molecule has 0 radical (unpaired) electrons. The Morgan fingerprint density at radius 3 is 2.48 bits per heavy atom. The molecule has 0 saturated heterocycles. The van der Waals surface area contributed by atoms with Crippen LogP contribution in [0.5, 0.6) is 11.5 Å². The van der Waals surface area contributed by atoms with Crippen LogP contribution in [0.15, 0.2) is 36.4 Å². The molecule has 136 valence electrons. The quantitative estimate of drug-likeness (QED) is 0.595. The van der Waals surface area contributed by atoms with Crippen molar-refractivity contribution in [1.82, 2.24) is 5.32 Å². The fraction of sp³-hybridized carbons (Fsp3) is 0.368. The van der Waals surface area contributed by atoms with Gasteiger partial charge in [0.2, 0.25) is 0 Å². The lowest BCUT2D eigenvalue weighted by Gasteiger charge is -2.15. The molecule has 4 nitrogen and oxygen atoms in total. The molecule has 0 aliphatic rings. The largest absolute Gasteiger partial charge is 0.490 e. The van der Waals surface area contributed by atoms with Gasteiger partial charge in [0, 0.05) is 34.8 Å². The second-order valence-electron chi connectivity index (χ2n) is 5.46. The standard InChI is InChI=1S/C19H23Cl2NO3/c1-2-24-18-10-15(12-22-8-5-9-23)17(21)11-19(18)25-13-14-6-3-4-7-16(14)20/h3-4,6-7,10-11,22-23H,2,5,8-9,12-13H2,1H3. The van der Waals surface area contributed by atoms with Gasteiger partial charge in [-0.15, -0.1) is 0 Å². The molecule has 2 N–H and O–H groups in total. The first kappa shape index (κ1) is 19.9. The van der Waals surface area contributed by atoms with Crippen LogP contribution in [0.3, 0.4) is 0 Å². The molecule has 2 aromatic carbocycles. The summed E-state index contributed by atoms with van der Waals surface area (Å²) in [4.78, 5) is 0. The second kappa shape index (κ2) is 10.5. The van der Waals surface area contributed by atoms with Gasteiger partial charge in [0.15, 0.2) is 11.5 Å². The van der Waals surface area contributed by atoms with Crippen LogP contribution in [-0.2, 0) is 13.2 Å². The number of hydrogen-bond acceptors (Lipinski definition) is 4. The van der Waals surface area contributed by atoms with E-state index < -0.39 is 0 Å². The first-order chi connectivity index (χ1) is 12.2. The maximum absolute atomic E-state index is 8.83. The van der Waals surface area contributed by atoms with Crippen molar-refractivity contribution in [3.8, 4) is 11.5 Å². The average molecular weight is 384 g/mol. The Labute approximate surface area is 158 Å². The molecule has 0 spiro atoms. The SMILES string of the molecule is CCOc1cc(CNCCCO)c(Cl)cc1OCc1ccccc1Cl. The Bertz CT molecular complexity index is 680. The summed E-state index contributed by atoms with van der Waals surface area (Å²) in [5.74, 6) is 1.24. The molecule has 6 heteroatoms. The van der Waals surface area contributed by atoms with Gasteiger partial charge in [0.25, 0.3) is 0 Å². The molecular formula is C19H23Cl2NO3. The topological polar surface area (TPSA) is 50.7 Å². The Balaban J connectivity index is 2.11.